The van der Waals surface area contributed by atoms with Gasteiger partial charge >= 0.3 is 0 Å². The van der Waals surface area contributed by atoms with Gasteiger partial charge in [0.2, 0.25) is 0 Å². The zero-order valence-corrected chi connectivity index (χ0v) is 10.4. The standard InChI is InChI=1S/C13H19NO2/c1-8-5-6-10-9(12(8)14-15)7-11(16-10)13(2,3)4/h7-8,15H,5-6H2,1-4H3/b14-12-. The van der Waals surface area contributed by atoms with Gasteiger partial charge in [-0.3, -0.25) is 0 Å². The molecule has 0 aromatic carbocycles. The van der Waals surface area contributed by atoms with E-state index in [0.717, 1.165) is 35.6 Å². The molecular weight excluding hydrogens is 202 g/mol. The third-order valence-corrected chi connectivity index (χ3v) is 3.20. The Balaban J connectivity index is 2.48. The Kier molecular flexibility index (Phi) is 2.56. The Morgan fingerprint density at radius 1 is 1.44 bits per heavy atom. The molecule has 16 heavy (non-hydrogen) atoms. The second kappa shape index (κ2) is 3.65. The fourth-order valence-corrected chi connectivity index (χ4v) is 2.10. The van der Waals surface area contributed by atoms with E-state index in [1.54, 1.807) is 0 Å². The van der Waals surface area contributed by atoms with Crippen molar-refractivity contribution in [3.05, 3.63) is 23.2 Å². The molecule has 3 heteroatoms. The van der Waals surface area contributed by atoms with Crippen LogP contribution in [0.3, 0.4) is 0 Å². The minimum atomic E-state index is 0.00113. The first-order valence-electron chi connectivity index (χ1n) is 5.79. The molecule has 3 nitrogen and oxygen atoms in total. The van der Waals surface area contributed by atoms with E-state index in [0.29, 0.717) is 5.92 Å². The highest BCUT2D eigenvalue weighted by Crippen LogP contribution is 2.33. The smallest absolute Gasteiger partial charge is 0.113 e. The number of hydrogen-bond acceptors (Lipinski definition) is 3. The fourth-order valence-electron chi connectivity index (χ4n) is 2.10. The number of furan rings is 1. The van der Waals surface area contributed by atoms with Crippen molar-refractivity contribution >= 4 is 5.71 Å². The van der Waals surface area contributed by atoms with Crippen molar-refractivity contribution in [2.24, 2.45) is 11.1 Å². The maximum Gasteiger partial charge on any atom is 0.113 e. The Hall–Kier alpha value is -1.25. The van der Waals surface area contributed by atoms with E-state index < -0.39 is 0 Å². The van der Waals surface area contributed by atoms with Crippen molar-refractivity contribution in [3.8, 4) is 0 Å². The van der Waals surface area contributed by atoms with Gasteiger partial charge in [0.05, 0.1) is 5.71 Å². The second-order valence-electron chi connectivity index (χ2n) is 5.62. The molecule has 1 N–H and O–H groups in total. The van der Waals surface area contributed by atoms with Crippen LogP contribution in [0.5, 0.6) is 0 Å². The summed E-state index contributed by atoms with van der Waals surface area (Å²) in [6, 6.07) is 2.03. The fraction of sp³-hybridized carbons (Fsp3) is 0.615. The van der Waals surface area contributed by atoms with Crippen LogP contribution >= 0.6 is 0 Å². The summed E-state index contributed by atoms with van der Waals surface area (Å²) >= 11 is 0. The summed E-state index contributed by atoms with van der Waals surface area (Å²) < 4.78 is 5.86. The van der Waals surface area contributed by atoms with Gasteiger partial charge in [0.1, 0.15) is 11.5 Å². The van der Waals surface area contributed by atoms with E-state index in [2.05, 4.69) is 32.9 Å². The van der Waals surface area contributed by atoms with Crippen LogP contribution < -0.4 is 0 Å². The van der Waals surface area contributed by atoms with E-state index >= 15 is 0 Å². The van der Waals surface area contributed by atoms with Gasteiger partial charge < -0.3 is 9.62 Å². The highest BCUT2D eigenvalue weighted by molar-refractivity contribution is 6.03. The molecule has 1 atom stereocenters. The molecular formula is C13H19NO2. The molecule has 88 valence electrons. The first kappa shape index (κ1) is 11.2. The van der Waals surface area contributed by atoms with Crippen molar-refractivity contribution in [1.82, 2.24) is 0 Å². The summed E-state index contributed by atoms with van der Waals surface area (Å²) in [5, 5.41) is 12.5. The van der Waals surface area contributed by atoms with Crippen LogP contribution in [0.2, 0.25) is 0 Å². The number of nitrogens with zero attached hydrogens (tertiary/aromatic N) is 1. The zero-order chi connectivity index (χ0) is 11.9. The van der Waals surface area contributed by atoms with E-state index in [-0.39, 0.29) is 5.41 Å². The average Bonchev–Trinajstić information content (AvgIpc) is 2.60. The summed E-state index contributed by atoms with van der Waals surface area (Å²) in [5.74, 6) is 2.24. The molecule has 0 aliphatic heterocycles. The van der Waals surface area contributed by atoms with Gasteiger partial charge in [-0.2, -0.15) is 0 Å². The molecule has 2 rings (SSSR count). The Morgan fingerprint density at radius 2 is 2.12 bits per heavy atom. The molecule has 0 fully saturated rings. The number of oxime groups is 1. The van der Waals surface area contributed by atoms with Crippen LogP contribution in [0.4, 0.5) is 0 Å². The molecule has 1 heterocycles. The van der Waals surface area contributed by atoms with Crippen LogP contribution in [0.1, 0.15) is 51.2 Å². The quantitative estimate of drug-likeness (QED) is 0.539. The molecule has 1 aliphatic rings. The molecule has 1 aromatic heterocycles. The van der Waals surface area contributed by atoms with Gasteiger partial charge in [-0.25, -0.2) is 0 Å². The van der Waals surface area contributed by atoms with Crippen molar-refractivity contribution in [1.29, 1.82) is 0 Å². The van der Waals surface area contributed by atoms with Gasteiger partial charge in [-0.1, -0.05) is 32.9 Å². The van der Waals surface area contributed by atoms with Gasteiger partial charge in [0, 0.05) is 23.3 Å². The largest absolute Gasteiger partial charge is 0.465 e. The lowest BCUT2D eigenvalue weighted by Crippen LogP contribution is -2.19. The maximum absolute atomic E-state index is 9.07. The van der Waals surface area contributed by atoms with Crippen LogP contribution in [-0.4, -0.2) is 10.9 Å². The van der Waals surface area contributed by atoms with Gasteiger partial charge in [0.25, 0.3) is 0 Å². The molecule has 0 bridgehead atoms. The molecule has 1 aromatic rings. The van der Waals surface area contributed by atoms with Gasteiger partial charge in [-0.15, -0.1) is 0 Å². The normalized spacial score (nSPS) is 23.5. The lowest BCUT2D eigenvalue weighted by molar-refractivity contribution is 0.313. The van der Waals surface area contributed by atoms with E-state index in [4.69, 9.17) is 9.62 Å². The topological polar surface area (TPSA) is 45.7 Å². The van der Waals surface area contributed by atoms with E-state index in [1.807, 2.05) is 6.07 Å². The minimum absolute atomic E-state index is 0.00113. The lowest BCUT2D eigenvalue weighted by atomic mass is 9.86. The highest BCUT2D eigenvalue weighted by Gasteiger charge is 2.29. The SMILES string of the molecule is CC1CCc2oc(C(C)(C)C)cc2/C1=N\O. The number of aryl methyl sites for hydroxylation is 1. The molecule has 0 spiro atoms. The second-order valence-corrected chi connectivity index (χ2v) is 5.62. The molecule has 0 radical (unpaired) electrons. The molecule has 1 aliphatic carbocycles. The minimum Gasteiger partial charge on any atom is -0.465 e. The summed E-state index contributed by atoms with van der Waals surface area (Å²) in [7, 11) is 0. The van der Waals surface area contributed by atoms with Crippen molar-refractivity contribution in [2.75, 3.05) is 0 Å². The average molecular weight is 221 g/mol. The van der Waals surface area contributed by atoms with Crippen LogP contribution in [0, 0.1) is 5.92 Å². The Labute approximate surface area is 96.1 Å². The summed E-state index contributed by atoms with van der Waals surface area (Å²) in [6.45, 7) is 8.45. The van der Waals surface area contributed by atoms with Gasteiger partial charge in [0.15, 0.2) is 0 Å². The monoisotopic (exact) mass is 221 g/mol. The number of fused-ring (bicyclic) bond motifs is 1. The third-order valence-electron chi connectivity index (χ3n) is 3.20. The van der Waals surface area contributed by atoms with Crippen LogP contribution in [-0.2, 0) is 11.8 Å². The zero-order valence-electron chi connectivity index (χ0n) is 10.4. The first-order valence-corrected chi connectivity index (χ1v) is 5.79. The molecule has 0 saturated heterocycles. The predicted molar refractivity (Wildman–Crippen MR) is 63.2 cm³/mol. The van der Waals surface area contributed by atoms with Crippen LogP contribution in [0.25, 0.3) is 0 Å². The van der Waals surface area contributed by atoms with Crippen molar-refractivity contribution in [2.45, 2.75) is 46.0 Å². The maximum atomic E-state index is 9.07. The summed E-state index contributed by atoms with van der Waals surface area (Å²) in [6.07, 6.45) is 1.93. The summed E-state index contributed by atoms with van der Waals surface area (Å²) in [4.78, 5) is 0. The Bertz CT molecular complexity index is 424. The molecule has 0 saturated carbocycles. The third kappa shape index (κ3) is 1.75. The van der Waals surface area contributed by atoms with Gasteiger partial charge in [-0.05, 0) is 12.5 Å². The molecule has 0 amide bonds. The predicted octanol–water partition coefficient (Wildman–Crippen LogP) is 3.34. The van der Waals surface area contributed by atoms with Crippen molar-refractivity contribution < 1.29 is 9.62 Å². The van der Waals surface area contributed by atoms with E-state index in [1.165, 1.54) is 0 Å². The Morgan fingerprint density at radius 3 is 2.69 bits per heavy atom. The van der Waals surface area contributed by atoms with Crippen molar-refractivity contribution in [3.63, 3.8) is 0 Å². The highest BCUT2D eigenvalue weighted by atomic mass is 16.4. The van der Waals surface area contributed by atoms with E-state index in [9.17, 15) is 0 Å². The number of rotatable bonds is 0. The molecule has 1 unspecified atom stereocenters. The first-order chi connectivity index (χ1) is 7.43. The summed E-state index contributed by atoms with van der Waals surface area (Å²) in [5.41, 5.74) is 1.76. The lowest BCUT2D eigenvalue weighted by Gasteiger charge is -2.17. The van der Waals surface area contributed by atoms with Crippen LogP contribution in [0.15, 0.2) is 15.6 Å². The number of hydrogen-bond donors (Lipinski definition) is 1.